The largest absolute Gasteiger partial charge is 0.396 e. The lowest BCUT2D eigenvalue weighted by Crippen LogP contribution is -2.24. The van der Waals surface area contributed by atoms with Gasteiger partial charge in [0.15, 0.2) is 0 Å². The number of aliphatic hydroxyl groups is 1. The molecule has 1 aromatic heterocycles. The second-order valence-corrected chi connectivity index (χ2v) is 6.33. The summed E-state index contributed by atoms with van der Waals surface area (Å²) in [5.74, 6) is 0.661. The SMILES string of the molecule is CC(C)(CO)COC(CCCCl)c1cccs1. The van der Waals surface area contributed by atoms with Crippen LogP contribution in [0, 0.1) is 5.41 Å². The van der Waals surface area contributed by atoms with E-state index in [4.69, 9.17) is 16.3 Å². The van der Waals surface area contributed by atoms with Gasteiger partial charge in [-0.1, -0.05) is 19.9 Å². The zero-order chi connectivity index (χ0) is 12.7. The van der Waals surface area contributed by atoms with Crippen molar-refractivity contribution < 1.29 is 9.84 Å². The third kappa shape index (κ3) is 5.38. The second-order valence-electron chi connectivity index (χ2n) is 4.97. The summed E-state index contributed by atoms with van der Waals surface area (Å²) in [6.45, 7) is 4.70. The maximum absolute atomic E-state index is 9.22. The van der Waals surface area contributed by atoms with Crippen molar-refractivity contribution in [2.24, 2.45) is 5.41 Å². The molecule has 17 heavy (non-hydrogen) atoms. The molecule has 0 radical (unpaired) electrons. The highest BCUT2D eigenvalue weighted by Crippen LogP contribution is 2.29. The van der Waals surface area contributed by atoms with E-state index in [0.29, 0.717) is 12.5 Å². The van der Waals surface area contributed by atoms with Gasteiger partial charge in [-0.25, -0.2) is 0 Å². The van der Waals surface area contributed by atoms with E-state index in [1.807, 2.05) is 19.9 Å². The summed E-state index contributed by atoms with van der Waals surface area (Å²) in [4.78, 5) is 1.24. The van der Waals surface area contributed by atoms with E-state index in [0.717, 1.165) is 12.8 Å². The molecule has 0 saturated heterocycles. The molecule has 0 saturated carbocycles. The van der Waals surface area contributed by atoms with Crippen LogP contribution < -0.4 is 0 Å². The first-order chi connectivity index (χ1) is 8.09. The lowest BCUT2D eigenvalue weighted by molar-refractivity contribution is -0.0207. The van der Waals surface area contributed by atoms with Gasteiger partial charge >= 0.3 is 0 Å². The summed E-state index contributed by atoms with van der Waals surface area (Å²) in [6, 6.07) is 4.13. The summed E-state index contributed by atoms with van der Waals surface area (Å²) >= 11 is 7.44. The number of alkyl halides is 1. The van der Waals surface area contributed by atoms with Crippen LogP contribution in [0.5, 0.6) is 0 Å². The van der Waals surface area contributed by atoms with Crippen molar-refractivity contribution in [1.29, 1.82) is 0 Å². The summed E-state index contributed by atoms with van der Waals surface area (Å²) < 4.78 is 5.94. The molecule has 0 amide bonds. The van der Waals surface area contributed by atoms with Gasteiger partial charge < -0.3 is 9.84 Å². The van der Waals surface area contributed by atoms with Crippen molar-refractivity contribution in [2.75, 3.05) is 19.1 Å². The third-order valence-electron chi connectivity index (χ3n) is 2.56. The van der Waals surface area contributed by atoms with Gasteiger partial charge in [0.25, 0.3) is 0 Å². The fourth-order valence-electron chi connectivity index (χ4n) is 1.42. The van der Waals surface area contributed by atoms with Gasteiger partial charge in [-0.05, 0) is 24.3 Å². The van der Waals surface area contributed by atoms with Gasteiger partial charge in [-0.2, -0.15) is 0 Å². The van der Waals surface area contributed by atoms with Crippen LogP contribution in [0.1, 0.15) is 37.7 Å². The summed E-state index contributed by atoms with van der Waals surface area (Å²) in [5.41, 5.74) is -0.184. The molecule has 0 spiro atoms. The topological polar surface area (TPSA) is 29.5 Å². The molecular formula is C13H21ClO2S. The molecule has 98 valence electrons. The van der Waals surface area contributed by atoms with Crippen LogP contribution in [0.15, 0.2) is 17.5 Å². The molecule has 2 nitrogen and oxygen atoms in total. The fourth-order valence-corrected chi connectivity index (χ4v) is 2.38. The van der Waals surface area contributed by atoms with Crippen molar-refractivity contribution in [3.05, 3.63) is 22.4 Å². The van der Waals surface area contributed by atoms with Crippen molar-refractivity contribution in [3.63, 3.8) is 0 Å². The van der Waals surface area contributed by atoms with Gasteiger partial charge in [0.2, 0.25) is 0 Å². The van der Waals surface area contributed by atoms with Gasteiger partial charge in [-0.3, -0.25) is 0 Å². The monoisotopic (exact) mass is 276 g/mol. The summed E-state index contributed by atoms with van der Waals surface area (Å²) in [5, 5.41) is 11.3. The van der Waals surface area contributed by atoms with Crippen LogP contribution >= 0.6 is 22.9 Å². The number of rotatable bonds is 8. The van der Waals surface area contributed by atoms with E-state index in [9.17, 15) is 5.11 Å². The molecule has 1 aromatic rings. The quantitative estimate of drug-likeness (QED) is 0.731. The fraction of sp³-hybridized carbons (Fsp3) is 0.692. The number of hydrogen-bond donors (Lipinski definition) is 1. The highest BCUT2D eigenvalue weighted by molar-refractivity contribution is 7.10. The first kappa shape index (κ1) is 15.0. The second kappa shape index (κ2) is 7.37. The minimum atomic E-state index is -0.184. The van der Waals surface area contributed by atoms with Crippen LogP contribution in [0.25, 0.3) is 0 Å². The lowest BCUT2D eigenvalue weighted by Gasteiger charge is -2.25. The Kier molecular flexibility index (Phi) is 6.49. The molecule has 1 rings (SSSR count). The Labute approximate surface area is 113 Å². The van der Waals surface area contributed by atoms with Crippen LogP contribution in [0.2, 0.25) is 0 Å². The van der Waals surface area contributed by atoms with Crippen LogP contribution in [-0.2, 0) is 4.74 Å². The highest BCUT2D eigenvalue weighted by Gasteiger charge is 2.21. The standard InChI is InChI=1S/C13H21ClO2S/c1-13(2,9-15)10-16-11(5-3-7-14)12-6-4-8-17-12/h4,6,8,11,15H,3,5,7,9-10H2,1-2H3. The van der Waals surface area contributed by atoms with Crippen LogP contribution in [0.4, 0.5) is 0 Å². The molecule has 0 aliphatic heterocycles. The van der Waals surface area contributed by atoms with Gasteiger partial charge in [0.1, 0.15) is 0 Å². The Hall–Kier alpha value is -0.0900. The average molecular weight is 277 g/mol. The molecule has 0 aliphatic carbocycles. The Morgan fingerprint density at radius 2 is 2.29 bits per heavy atom. The van der Waals surface area contributed by atoms with Crippen molar-refractivity contribution in [3.8, 4) is 0 Å². The van der Waals surface area contributed by atoms with E-state index < -0.39 is 0 Å². The smallest absolute Gasteiger partial charge is 0.0917 e. The predicted octanol–water partition coefficient (Wildman–Crippen LogP) is 3.84. The summed E-state index contributed by atoms with van der Waals surface area (Å²) in [6.07, 6.45) is 1.99. The molecule has 0 fully saturated rings. The first-order valence-corrected chi connectivity index (χ1v) is 7.32. The Bertz CT molecular complexity index is 298. The molecule has 0 aromatic carbocycles. The Morgan fingerprint density at radius 3 is 2.82 bits per heavy atom. The van der Waals surface area contributed by atoms with Crippen molar-refractivity contribution in [2.45, 2.75) is 32.8 Å². The number of aliphatic hydroxyl groups excluding tert-OH is 1. The maximum Gasteiger partial charge on any atom is 0.0917 e. The first-order valence-electron chi connectivity index (χ1n) is 5.91. The van der Waals surface area contributed by atoms with Crippen LogP contribution in [0.3, 0.4) is 0 Å². The van der Waals surface area contributed by atoms with E-state index >= 15 is 0 Å². The average Bonchev–Trinajstić information content (AvgIpc) is 2.83. The number of thiophene rings is 1. The maximum atomic E-state index is 9.22. The molecule has 0 aliphatic rings. The molecule has 1 atom stereocenters. The van der Waals surface area contributed by atoms with Crippen molar-refractivity contribution >= 4 is 22.9 Å². The number of ether oxygens (including phenoxy) is 1. The zero-order valence-corrected chi connectivity index (χ0v) is 12.1. The summed E-state index contributed by atoms with van der Waals surface area (Å²) in [7, 11) is 0. The van der Waals surface area contributed by atoms with Gasteiger partial charge in [0, 0.05) is 16.2 Å². The van der Waals surface area contributed by atoms with E-state index in [1.165, 1.54) is 4.88 Å². The van der Waals surface area contributed by atoms with E-state index in [2.05, 4.69) is 11.4 Å². The Morgan fingerprint density at radius 1 is 1.53 bits per heavy atom. The van der Waals surface area contributed by atoms with E-state index in [-0.39, 0.29) is 18.1 Å². The third-order valence-corrected chi connectivity index (χ3v) is 3.80. The number of hydrogen-bond acceptors (Lipinski definition) is 3. The van der Waals surface area contributed by atoms with Crippen molar-refractivity contribution in [1.82, 2.24) is 0 Å². The molecule has 0 bridgehead atoms. The zero-order valence-electron chi connectivity index (χ0n) is 10.5. The molecule has 1 unspecified atom stereocenters. The molecule has 1 heterocycles. The Balaban J connectivity index is 2.53. The van der Waals surface area contributed by atoms with Gasteiger partial charge in [-0.15, -0.1) is 22.9 Å². The highest BCUT2D eigenvalue weighted by atomic mass is 35.5. The lowest BCUT2D eigenvalue weighted by atomic mass is 9.96. The molecule has 1 N–H and O–H groups in total. The predicted molar refractivity (Wildman–Crippen MR) is 73.8 cm³/mol. The number of halogens is 1. The molecular weight excluding hydrogens is 256 g/mol. The minimum absolute atomic E-state index is 0.111. The normalized spacial score (nSPS) is 13.9. The van der Waals surface area contributed by atoms with Gasteiger partial charge in [0.05, 0.1) is 19.3 Å². The minimum Gasteiger partial charge on any atom is -0.396 e. The molecule has 4 heteroatoms. The van der Waals surface area contributed by atoms with Crippen LogP contribution in [-0.4, -0.2) is 24.2 Å². The van der Waals surface area contributed by atoms with E-state index in [1.54, 1.807) is 11.3 Å².